The predicted octanol–water partition coefficient (Wildman–Crippen LogP) is 1.63. The monoisotopic (exact) mass is 269 g/mol. The molecule has 2 aliphatic heterocycles. The smallest absolute Gasteiger partial charge is 0.274 e. The summed E-state index contributed by atoms with van der Waals surface area (Å²) in [6.07, 6.45) is 3.63. The zero-order valence-electron chi connectivity index (χ0n) is 11.0. The fourth-order valence-corrected chi connectivity index (χ4v) is 3.15. The lowest BCUT2D eigenvalue weighted by molar-refractivity contribution is -0.00746. The highest BCUT2D eigenvalue weighted by Gasteiger charge is 2.41. The van der Waals surface area contributed by atoms with E-state index in [9.17, 15) is 4.79 Å². The molecule has 0 saturated carbocycles. The molecule has 5 heteroatoms. The number of aromatic nitrogens is 2. The maximum Gasteiger partial charge on any atom is 0.274 e. The standard InChI is InChI=1S/C15H15N3O2/c19-15(18-10-5-6-11(18)9-20-8-10)14-7-16-12-3-1-2-4-13(12)17-14/h1-4,7,10-11H,5-6,8-9H2. The largest absolute Gasteiger partial charge is 0.377 e. The number of benzene rings is 1. The van der Waals surface area contributed by atoms with Gasteiger partial charge < -0.3 is 9.64 Å². The fraction of sp³-hybridized carbons (Fsp3) is 0.400. The van der Waals surface area contributed by atoms with Crippen LogP contribution in [0.5, 0.6) is 0 Å². The zero-order valence-corrected chi connectivity index (χ0v) is 11.0. The summed E-state index contributed by atoms with van der Waals surface area (Å²) in [7, 11) is 0. The van der Waals surface area contributed by atoms with Crippen LogP contribution < -0.4 is 0 Å². The molecule has 2 aromatic rings. The summed E-state index contributed by atoms with van der Waals surface area (Å²) in [6, 6.07) is 8.01. The van der Waals surface area contributed by atoms with Gasteiger partial charge in [-0.1, -0.05) is 12.1 Å². The average Bonchev–Trinajstić information content (AvgIpc) is 2.75. The van der Waals surface area contributed by atoms with E-state index in [1.54, 1.807) is 6.20 Å². The molecular formula is C15H15N3O2. The summed E-state index contributed by atoms with van der Waals surface area (Å²) in [5.41, 5.74) is 2.01. The highest BCUT2D eigenvalue weighted by atomic mass is 16.5. The Morgan fingerprint density at radius 1 is 1.15 bits per heavy atom. The van der Waals surface area contributed by atoms with Gasteiger partial charge in [0.1, 0.15) is 5.69 Å². The summed E-state index contributed by atoms with van der Waals surface area (Å²) >= 11 is 0. The number of carbonyl (C=O) groups is 1. The first kappa shape index (κ1) is 11.8. The summed E-state index contributed by atoms with van der Waals surface area (Å²) in [4.78, 5) is 23.4. The summed E-state index contributed by atoms with van der Waals surface area (Å²) < 4.78 is 5.51. The molecular weight excluding hydrogens is 254 g/mol. The van der Waals surface area contributed by atoms with Gasteiger partial charge in [-0.3, -0.25) is 9.78 Å². The second-order valence-corrected chi connectivity index (χ2v) is 5.38. The Balaban J connectivity index is 1.70. The molecule has 5 nitrogen and oxygen atoms in total. The Kier molecular flexibility index (Phi) is 2.67. The van der Waals surface area contributed by atoms with Gasteiger partial charge in [0.05, 0.1) is 42.5 Å². The van der Waals surface area contributed by atoms with Gasteiger partial charge in [-0.05, 0) is 25.0 Å². The lowest BCUT2D eigenvalue weighted by atomic mass is 10.2. The molecule has 1 amide bonds. The van der Waals surface area contributed by atoms with Crippen molar-refractivity contribution in [2.24, 2.45) is 0 Å². The fourth-order valence-electron chi connectivity index (χ4n) is 3.15. The molecule has 2 bridgehead atoms. The van der Waals surface area contributed by atoms with E-state index in [1.165, 1.54) is 0 Å². The molecule has 2 unspecified atom stereocenters. The molecule has 102 valence electrons. The second-order valence-electron chi connectivity index (χ2n) is 5.38. The van der Waals surface area contributed by atoms with Crippen LogP contribution in [0.4, 0.5) is 0 Å². The Morgan fingerprint density at radius 3 is 2.60 bits per heavy atom. The van der Waals surface area contributed by atoms with Gasteiger partial charge >= 0.3 is 0 Å². The lowest BCUT2D eigenvalue weighted by Crippen LogP contribution is -2.49. The van der Waals surface area contributed by atoms with Crippen molar-refractivity contribution in [3.8, 4) is 0 Å². The Morgan fingerprint density at radius 2 is 1.85 bits per heavy atom. The van der Waals surface area contributed by atoms with Crippen molar-refractivity contribution >= 4 is 16.9 Å². The van der Waals surface area contributed by atoms with Crippen LogP contribution in [0.3, 0.4) is 0 Å². The minimum Gasteiger partial charge on any atom is -0.377 e. The van der Waals surface area contributed by atoms with Crippen molar-refractivity contribution in [3.63, 3.8) is 0 Å². The first-order valence-corrected chi connectivity index (χ1v) is 6.95. The van der Waals surface area contributed by atoms with Crippen molar-refractivity contribution in [1.29, 1.82) is 0 Å². The van der Waals surface area contributed by atoms with Crippen molar-refractivity contribution in [1.82, 2.24) is 14.9 Å². The molecule has 2 atom stereocenters. The molecule has 0 aliphatic carbocycles. The zero-order chi connectivity index (χ0) is 13.5. The number of amides is 1. The Labute approximate surface area is 116 Å². The van der Waals surface area contributed by atoms with E-state index in [4.69, 9.17) is 4.74 Å². The van der Waals surface area contributed by atoms with Crippen LogP contribution in [0.2, 0.25) is 0 Å². The van der Waals surface area contributed by atoms with Gasteiger partial charge in [0.25, 0.3) is 5.91 Å². The molecule has 3 heterocycles. The molecule has 2 fully saturated rings. The summed E-state index contributed by atoms with van der Waals surface area (Å²) in [5.74, 6) is -0.0148. The highest BCUT2D eigenvalue weighted by Crippen LogP contribution is 2.30. The third-order valence-electron chi connectivity index (χ3n) is 4.14. The van der Waals surface area contributed by atoms with Crippen LogP contribution in [0.1, 0.15) is 23.3 Å². The third-order valence-corrected chi connectivity index (χ3v) is 4.14. The number of nitrogens with zero attached hydrogens (tertiary/aromatic N) is 3. The van der Waals surface area contributed by atoms with Crippen molar-refractivity contribution in [3.05, 3.63) is 36.2 Å². The van der Waals surface area contributed by atoms with E-state index in [0.29, 0.717) is 18.9 Å². The summed E-state index contributed by atoms with van der Waals surface area (Å²) in [6.45, 7) is 1.28. The normalized spacial score (nSPS) is 25.1. The van der Waals surface area contributed by atoms with Gasteiger partial charge in [-0.25, -0.2) is 4.98 Å². The third kappa shape index (κ3) is 1.78. The molecule has 0 N–H and O–H groups in total. The predicted molar refractivity (Wildman–Crippen MR) is 73.3 cm³/mol. The van der Waals surface area contributed by atoms with Gasteiger partial charge in [0.15, 0.2) is 0 Å². The molecule has 0 spiro atoms. The van der Waals surface area contributed by atoms with Crippen LogP contribution in [-0.4, -0.2) is 46.1 Å². The molecule has 20 heavy (non-hydrogen) atoms. The molecule has 2 aliphatic rings. The van der Waals surface area contributed by atoms with Gasteiger partial charge in [-0.15, -0.1) is 0 Å². The number of ether oxygens (including phenoxy) is 1. The van der Waals surface area contributed by atoms with Crippen LogP contribution in [0, 0.1) is 0 Å². The number of fused-ring (bicyclic) bond motifs is 3. The van der Waals surface area contributed by atoms with E-state index in [2.05, 4.69) is 9.97 Å². The van der Waals surface area contributed by atoms with E-state index < -0.39 is 0 Å². The molecule has 1 aromatic carbocycles. The quantitative estimate of drug-likeness (QED) is 0.789. The number of morpholine rings is 1. The summed E-state index contributed by atoms with van der Waals surface area (Å²) in [5, 5.41) is 0. The lowest BCUT2D eigenvalue weighted by Gasteiger charge is -2.34. The minimum atomic E-state index is -0.0148. The average molecular weight is 269 g/mol. The number of rotatable bonds is 1. The number of para-hydroxylation sites is 2. The molecule has 0 radical (unpaired) electrons. The number of hydrogen-bond acceptors (Lipinski definition) is 4. The van der Waals surface area contributed by atoms with Crippen molar-refractivity contribution < 1.29 is 9.53 Å². The van der Waals surface area contributed by atoms with E-state index in [0.717, 1.165) is 23.9 Å². The first-order valence-electron chi connectivity index (χ1n) is 6.95. The Hall–Kier alpha value is -2.01. The maximum atomic E-state index is 12.7. The topological polar surface area (TPSA) is 55.3 Å². The highest BCUT2D eigenvalue weighted by molar-refractivity contribution is 5.94. The second kappa shape index (κ2) is 4.52. The first-order chi connectivity index (χ1) is 9.83. The van der Waals surface area contributed by atoms with Crippen LogP contribution in [-0.2, 0) is 4.74 Å². The Bertz CT molecular complexity index is 657. The van der Waals surface area contributed by atoms with Gasteiger partial charge in [0, 0.05) is 0 Å². The van der Waals surface area contributed by atoms with Crippen LogP contribution in [0.25, 0.3) is 11.0 Å². The van der Waals surface area contributed by atoms with Crippen LogP contribution >= 0.6 is 0 Å². The van der Waals surface area contributed by atoms with Crippen LogP contribution in [0.15, 0.2) is 30.5 Å². The van der Waals surface area contributed by atoms with Gasteiger partial charge in [0.2, 0.25) is 0 Å². The van der Waals surface area contributed by atoms with Gasteiger partial charge in [-0.2, -0.15) is 0 Å². The maximum absolute atomic E-state index is 12.7. The molecule has 2 saturated heterocycles. The number of hydrogen-bond donors (Lipinski definition) is 0. The molecule has 1 aromatic heterocycles. The van der Waals surface area contributed by atoms with E-state index >= 15 is 0 Å². The number of carbonyl (C=O) groups excluding carboxylic acids is 1. The van der Waals surface area contributed by atoms with E-state index in [-0.39, 0.29) is 18.0 Å². The van der Waals surface area contributed by atoms with Crippen molar-refractivity contribution in [2.45, 2.75) is 24.9 Å². The SMILES string of the molecule is O=C(c1cnc2ccccc2n1)N1C2CCC1COC2. The molecule has 4 rings (SSSR count). The van der Waals surface area contributed by atoms with Crippen molar-refractivity contribution in [2.75, 3.05) is 13.2 Å². The van der Waals surface area contributed by atoms with E-state index in [1.807, 2.05) is 29.2 Å². The minimum absolute atomic E-state index is 0.0148.